The van der Waals surface area contributed by atoms with Crippen LogP contribution in [0.1, 0.15) is 23.1 Å². The number of nitrogens with one attached hydrogen (secondary N) is 1. The third kappa shape index (κ3) is 3.13. The van der Waals surface area contributed by atoms with Gasteiger partial charge in [0.15, 0.2) is 0 Å². The minimum absolute atomic E-state index is 0.0318. The molecule has 1 aromatic heterocycles. The lowest BCUT2D eigenvalue weighted by Gasteiger charge is -2.12. The van der Waals surface area contributed by atoms with Gasteiger partial charge in [-0.15, -0.1) is 0 Å². The second-order valence-corrected chi connectivity index (χ2v) is 5.89. The van der Waals surface area contributed by atoms with Gasteiger partial charge in [0.05, 0.1) is 11.5 Å². The van der Waals surface area contributed by atoms with Crippen molar-refractivity contribution < 1.29 is 4.92 Å². The predicted octanol–water partition coefficient (Wildman–Crippen LogP) is 2.91. The first-order chi connectivity index (χ1) is 9.93. The van der Waals surface area contributed by atoms with E-state index >= 15 is 0 Å². The summed E-state index contributed by atoms with van der Waals surface area (Å²) in [5.74, 6) is 0. The summed E-state index contributed by atoms with van der Waals surface area (Å²) >= 11 is 1.20. The molecule has 0 amide bonds. The second-order valence-electron chi connectivity index (χ2n) is 4.72. The Balaban J connectivity index is 2.47. The van der Waals surface area contributed by atoms with Gasteiger partial charge in [0.2, 0.25) is 0 Å². The van der Waals surface area contributed by atoms with Gasteiger partial charge in [-0.1, -0.05) is 11.3 Å². The fraction of sp³-hybridized carbons (Fsp3) is 0.357. The van der Waals surface area contributed by atoms with Gasteiger partial charge in [0.1, 0.15) is 0 Å². The summed E-state index contributed by atoms with van der Waals surface area (Å²) in [6.45, 7) is 6.78. The van der Waals surface area contributed by atoms with E-state index in [1.165, 1.54) is 23.5 Å². The number of non-ortho nitro benzene ring substituents is 1. The Morgan fingerprint density at radius 1 is 1.38 bits per heavy atom. The highest BCUT2D eigenvalue weighted by molar-refractivity contribution is 7.09. The molecule has 21 heavy (non-hydrogen) atoms. The highest BCUT2D eigenvalue weighted by Crippen LogP contribution is 2.24. The average molecular weight is 307 g/mol. The first-order valence-electron chi connectivity index (χ1n) is 6.62. The number of aryl methyl sites for hydroxylation is 1. The van der Waals surface area contributed by atoms with Crippen molar-refractivity contribution in [1.82, 2.24) is 4.57 Å². The molecule has 0 saturated carbocycles. The van der Waals surface area contributed by atoms with Crippen LogP contribution in [0.25, 0.3) is 0 Å². The standard InChI is InChI=1S/C14H17N3O3S/c1-4-15-13-6-5-12(17(19)20)7-11(13)8-16-9(2)10(3)21-14(16)18/h5-7,15H,4,8H2,1-3H3. The maximum Gasteiger partial charge on any atom is 0.307 e. The molecule has 1 heterocycles. The van der Waals surface area contributed by atoms with Crippen molar-refractivity contribution in [3.8, 4) is 0 Å². The van der Waals surface area contributed by atoms with E-state index in [-0.39, 0.29) is 10.6 Å². The Kier molecular flexibility index (Phi) is 4.42. The molecule has 0 aliphatic rings. The molecule has 0 atom stereocenters. The second kappa shape index (κ2) is 6.09. The van der Waals surface area contributed by atoms with E-state index in [9.17, 15) is 14.9 Å². The van der Waals surface area contributed by atoms with Crippen LogP contribution >= 0.6 is 11.3 Å². The molecular weight excluding hydrogens is 290 g/mol. The van der Waals surface area contributed by atoms with Gasteiger partial charge >= 0.3 is 4.87 Å². The van der Waals surface area contributed by atoms with E-state index in [1.807, 2.05) is 20.8 Å². The van der Waals surface area contributed by atoms with E-state index in [2.05, 4.69) is 5.32 Å². The molecule has 112 valence electrons. The van der Waals surface area contributed by atoms with Crippen LogP contribution in [0.5, 0.6) is 0 Å². The van der Waals surface area contributed by atoms with Crippen molar-refractivity contribution in [2.24, 2.45) is 0 Å². The van der Waals surface area contributed by atoms with Crippen LogP contribution in [0, 0.1) is 24.0 Å². The largest absolute Gasteiger partial charge is 0.385 e. The van der Waals surface area contributed by atoms with Crippen molar-refractivity contribution in [1.29, 1.82) is 0 Å². The Bertz CT molecular complexity index is 734. The Labute approximate surface area is 126 Å². The molecule has 7 heteroatoms. The van der Waals surface area contributed by atoms with E-state index in [0.717, 1.165) is 21.8 Å². The summed E-state index contributed by atoms with van der Waals surface area (Å²) < 4.78 is 1.65. The van der Waals surface area contributed by atoms with Crippen molar-refractivity contribution >= 4 is 22.7 Å². The number of rotatable bonds is 5. The summed E-state index contributed by atoms with van der Waals surface area (Å²) in [5.41, 5.74) is 2.50. The zero-order valence-corrected chi connectivity index (χ0v) is 13.0. The number of nitro benzene ring substituents is 1. The molecule has 0 bridgehead atoms. The van der Waals surface area contributed by atoms with Crippen LogP contribution in [0.3, 0.4) is 0 Å². The molecule has 1 aromatic carbocycles. The Morgan fingerprint density at radius 3 is 2.62 bits per heavy atom. The number of nitrogens with zero attached hydrogens (tertiary/aromatic N) is 2. The molecule has 0 unspecified atom stereocenters. The number of benzene rings is 1. The first kappa shape index (κ1) is 15.2. The molecule has 1 N–H and O–H groups in total. The monoisotopic (exact) mass is 307 g/mol. The number of hydrogen-bond acceptors (Lipinski definition) is 5. The Hall–Kier alpha value is -2.15. The molecule has 0 saturated heterocycles. The van der Waals surface area contributed by atoms with Crippen molar-refractivity contribution in [2.75, 3.05) is 11.9 Å². The fourth-order valence-corrected chi connectivity index (χ4v) is 2.96. The van der Waals surface area contributed by atoms with Crippen LogP contribution in [0.15, 0.2) is 23.0 Å². The molecule has 0 fully saturated rings. The van der Waals surface area contributed by atoms with Crippen molar-refractivity contribution in [3.63, 3.8) is 0 Å². The number of thiazole rings is 1. The lowest BCUT2D eigenvalue weighted by molar-refractivity contribution is -0.384. The third-order valence-electron chi connectivity index (χ3n) is 3.37. The lowest BCUT2D eigenvalue weighted by Crippen LogP contribution is -2.16. The van der Waals surface area contributed by atoms with Crippen molar-refractivity contribution in [3.05, 3.63) is 54.1 Å². The van der Waals surface area contributed by atoms with Gasteiger partial charge in [0.25, 0.3) is 5.69 Å². The maximum absolute atomic E-state index is 12.0. The van der Waals surface area contributed by atoms with Gasteiger partial charge in [-0.25, -0.2) is 0 Å². The highest BCUT2D eigenvalue weighted by atomic mass is 32.1. The van der Waals surface area contributed by atoms with E-state index in [4.69, 9.17) is 0 Å². The summed E-state index contributed by atoms with van der Waals surface area (Å²) in [6, 6.07) is 4.68. The number of anilines is 1. The number of nitro groups is 1. The zero-order valence-electron chi connectivity index (χ0n) is 12.2. The summed E-state index contributed by atoms with van der Waals surface area (Å²) in [6.07, 6.45) is 0. The number of hydrogen-bond donors (Lipinski definition) is 1. The SMILES string of the molecule is CCNc1ccc([N+](=O)[O-])cc1Cn1c(C)c(C)sc1=O. The Morgan fingerprint density at radius 2 is 2.10 bits per heavy atom. The van der Waals surface area contributed by atoms with Crippen LogP contribution in [0.2, 0.25) is 0 Å². The molecule has 0 spiro atoms. The summed E-state index contributed by atoms with van der Waals surface area (Å²) in [5, 5.41) is 14.1. The maximum atomic E-state index is 12.0. The molecule has 0 radical (unpaired) electrons. The van der Waals surface area contributed by atoms with Gasteiger partial charge in [-0.3, -0.25) is 19.5 Å². The lowest BCUT2D eigenvalue weighted by atomic mass is 10.1. The van der Waals surface area contributed by atoms with Gasteiger partial charge in [0, 0.05) is 40.5 Å². The van der Waals surface area contributed by atoms with Crippen molar-refractivity contribution in [2.45, 2.75) is 27.3 Å². The molecule has 2 rings (SSSR count). The summed E-state index contributed by atoms with van der Waals surface area (Å²) in [7, 11) is 0. The minimum atomic E-state index is -0.423. The van der Waals surface area contributed by atoms with E-state index in [0.29, 0.717) is 13.1 Å². The van der Waals surface area contributed by atoms with Gasteiger partial charge in [-0.2, -0.15) is 0 Å². The molecule has 2 aromatic rings. The highest BCUT2D eigenvalue weighted by Gasteiger charge is 2.14. The quantitative estimate of drug-likeness (QED) is 0.680. The van der Waals surface area contributed by atoms with Crippen LogP contribution < -0.4 is 10.2 Å². The van der Waals surface area contributed by atoms with Gasteiger partial charge in [-0.05, 0) is 26.8 Å². The molecule has 6 nitrogen and oxygen atoms in total. The predicted molar refractivity (Wildman–Crippen MR) is 84.4 cm³/mol. The molecule has 0 aliphatic carbocycles. The first-order valence-corrected chi connectivity index (χ1v) is 7.43. The topological polar surface area (TPSA) is 77.2 Å². The normalized spacial score (nSPS) is 10.6. The zero-order chi connectivity index (χ0) is 15.6. The average Bonchev–Trinajstić information content (AvgIpc) is 2.67. The van der Waals surface area contributed by atoms with E-state index in [1.54, 1.807) is 10.6 Å². The number of aromatic nitrogens is 1. The fourth-order valence-electron chi connectivity index (χ4n) is 2.13. The van der Waals surface area contributed by atoms with Crippen LogP contribution in [-0.4, -0.2) is 16.0 Å². The molecule has 0 aliphatic heterocycles. The molecular formula is C14H17N3O3S. The van der Waals surface area contributed by atoms with Gasteiger partial charge < -0.3 is 5.32 Å². The third-order valence-corrected chi connectivity index (χ3v) is 4.37. The van der Waals surface area contributed by atoms with E-state index < -0.39 is 4.92 Å². The summed E-state index contributed by atoms with van der Waals surface area (Å²) in [4.78, 5) is 23.4. The smallest absolute Gasteiger partial charge is 0.307 e. The van der Waals surface area contributed by atoms with Crippen LogP contribution in [-0.2, 0) is 6.54 Å². The minimum Gasteiger partial charge on any atom is -0.385 e. The van der Waals surface area contributed by atoms with Crippen LogP contribution in [0.4, 0.5) is 11.4 Å².